The van der Waals surface area contributed by atoms with Crippen LogP contribution in [0.3, 0.4) is 0 Å². The molecule has 26 heavy (non-hydrogen) atoms. The summed E-state index contributed by atoms with van der Waals surface area (Å²) in [6.45, 7) is 0. The van der Waals surface area contributed by atoms with Gasteiger partial charge >= 0.3 is 0 Å². The average molecular weight is 361 g/mol. The Morgan fingerprint density at radius 2 is 1.62 bits per heavy atom. The van der Waals surface area contributed by atoms with Crippen molar-refractivity contribution in [3.05, 3.63) is 101 Å². The van der Waals surface area contributed by atoms with Gasteiger partial charge in [0.2, 0.25) is 0 Å². The fraction of sp³-hybridized carbons (Fsp3) is 0.0909. The predicted molar refractivity (Wildman–Crippen MR) is 106 cm³/mol. The largest absolute Gasteiger partial charge is 0.298 e. The van der Waals surface area contributed by atoms with Crippen LogP contribution in [0.1, 0.15) is 33.9 Å². The van der Waals surface area contributed by atoms with E-state index in [1.54, 1.807) is 0 Å². The van der Waals surface area contributed by atoms with Gasteiger partial charge in [0, 0.05) is 17.0 Å². The quantitative estimate of drug-likeness (QED) is 0.575. The van der Waals surface area contributed by atoms with E-state index in [0.29, 0.717) is 10.6 Å². The van der Waals surface area contributed by atoms with Crippen molar-refractivity contribution >= 4 is 29.3 Å². The summed E-state index contributed by atoms with van der Waals surface area (Å²) in [5.41, 5.74) is 4.93. The minimum atomic E-state index is 0.115. The molecule has 1 aliphatic heterocycles. The van der Waals surface area contributed by atoms with Crippen LogP contribution in [0, 0.1) is 0 Å². The van der Waals surface area contributed by atoms with Crippen molar-refractivity contribution in [2.24, 2.45) is 5.10 Å². The lowest BCUT2D eigenvalue weighted by atomic mass is 9.98. The van der Waals surface area contributed by atoms with Gasteiger partial charge in [0.05, 0.1) is 17.4 Å². The fourth-order valence-corrected chi connectivity index (χ4v) is 3.33. The van der Waals surface area contributed by atoms with Crippen molar-refractivity contribution in [1.29, 1.82) is 0 Å². The zero-order chi connectivity index (χ0) is 17.9. The minimum absolute atomic E-state index is 0.115. The summed E-state index contributed by atoms with van der Waals surface area (Å²) >= 11 is 6.02. The topological polar surface area (TPSA) is 32.7 Å². The molecule has 0 amide bonds. The molecular formula is C22H17ClN2O. The van der Waals surface area contributed by atoms with Gasteiger partial charge in [-0.25, -0.2) is 0 Å². The molecule has 3 aromatic carbocycles. The maximum atomic E-state index is 10.9. The number of carbonyl (C=O) groups excluding carboxylic acids is 1. The molecule has 3 aromatic rings. The second-order valence-electron chi connectivity index (χ2n) is 6.24. The number of hydrogen-bond acceptors (Lipinski definition) is 3. The van der Waals surface area contributed by atoms with Gasteiger partial charge in [-0.2, -0.15) is 5.10 Å². The number of aldehydes is 1. The van der Waals surface area contributed by atoms with E-state index in [-0.39, 0.29) is 6.04 Å². The summed E-state index contributed by atoms with van der Waals surface area (Å²) in [4.78, 5) is 10.9. The van der Waals surface area contributed by atoms with Gasteiger partial charge in [0.1, 0.15) is 6.29 Å². The molecule has 4 rings (SSSR count). The zero-order valence-electron chi connectivity index (χ0n) is 14.0. The van der Waals surface area contributed by atoms with Crippen LogP contribution in [-0.2, 0) is 0 Å². The third kappa shape index (κ3) is 3.26. The first kappa shape index (κ1) is 16.6. The van der Waals surface area contributed by atoms with Crippen molar-refractivity contribution in [3.63, 3.8) is 0 Å². The van der Waals surface area contributed by atoms with E-state index >= 15 is 0 Å². The molecule has 1 atom stereocenters. The Morgan fingerprint density at radius 3 is 2.27 bits per heavy atom. The molecule has 0 N–H and O–H groups in total. The molecule has 0 saturated carbocycles. The molecule has 0 fully saturated rings. The minimum Gasteiger partial charge on any atom is -0.298 e. The number of anilines is 1. The van der Waals surface area contributed by atoms with Crippen LogP contribution < -0.4 is 5.01 Å². The molecule has 1 aliphatic rings. The molecule has 0 spiro atoms. The van der Waals surface area contributed by atoms with Crippen LogP contribution in [0.15, 0.2) is 84.0 Å². The van der Waals surface area contributed by atoms with Gasteiger partial charge < -0.3 is 0 Å². The third-order valence-corrected chi connectivity index (χ3v) is 4.82. The Kier molecular flexibility index (Phi) is 4.55. The van der Waals surface area contributed by atoms with Gasteiger partial charge in [-0.05, 0) is 47.5 Å². The van der Waals surface area contributed by atoms with Gasteiger partial charge in [0.15, 0.2) is 0 Å². The van der Waals surface area contributed by atoms with Crippen molar-refractivity contribution < 1.29 is 4.79 Å². The summed E-state index contributed by atoms with van der Waals surface area (Å²) in [7, 11) is 0. The molecule has 0 aliphatic carbocycles. The molecule has 0 aromatic heterocycles. The van der Waals surface area contributed by atoms with E-state index in [2.05, 4.69) is 12.1 Å². The molecule has 4 heteroatoms. The van der Waals surface area contributed by atoms with Gasteiger partial charge in [0.25, 0.3) is 0 Å². The number of halogens is 1. The van der Waals surface area contributed by atoms with Crippen molar-refractivity contribution in [3.8, 4) is 0 Å². The molecule has 0 saturated heterocycles. The van der Waals surface area contributed by atoms with E-state index < -0.39 is 0 Å². The fourth-order valence-electron chi connectivity index (χ4n) is 3.21. The number of nitrogens with zero attached hydrogens (tertiary/aromatic N) is 2. The Hall–Kier alpha value is -2.91. The Morgan fingerprint density at radius 1 is 0.923 bits per heavy atom. The number of carbonyl (C=O) groups is 1. The SMILES string of the molecule is O=Cc1ccc(N2N=C(c3ccc(Cl)cc3)CC2c2ccccc2)cc1. The Balaban J connectivity index is 1.73. The lowest BCUT2D eigenvalue weighted by Gasteiger charge is -2.24. The van der Waals surface area contributed by atoms with Crippen LogP contribution in [0.5, 0.6) is 0 Å². The Bertz CT molecular complexity index is 934. The zero-order valence-corrected chi connectivity index (χ0v) is 14.8. The van der Waals surface area contributed by atoms with E-state index in [9.17, 15) is 4.79 Å². The summed E-state index contributed by atoms with van der Waals surface area (Å²) in [5, 5.41) is 7.64. The number of rotatable bonds is 4. The standard InChI is InChI=1S/C22H17ClN2O/c23-19-10-8-17(9-11-19)21-14-22(18-4-2-1-3-5-18)25(24-21)20-12-6-16(15-26)7-13-20/h1-13,15,22H,14H2. The Labute approximate surface area is 157 Å². The van der Waals surface area contributed by atoms with Crippen LogP contribution in [0.25, 0.3) is 0 Å². The predicted octanol–water partition coefficient (Wildman–Crippen LogP) is 5.51. The molecular weight excluding hydrogens is 344 g/mol. The van der Waals surface area contributed by atoms with Crippen LogP contribution in [0.4, 0.5) is 5.69 Å². The van der Waals surface area contributed by atoms with E-state index in [0.717, 1.165) is 29.7 Å². The molecule has 1 unspecified atom stereocenters. The number of benzene rings is 3. The normalized spacial score (nSPS) is 16.4. The number of hydrogen-bond donors (Lipinski definition) is 0. The van der Waals surface area contributed by atoms with Crippen LogP contribution in [-0.4, -0.2) is 12.0 Å². The first-order chi connectivity index (χ1) is 12.7. The highest BCUT2D eigenvalue weighted by Crippen LogP contribution is 2.36. The summed E-state index contributed by atoms with van der Waals surface area (Å²) in [5.74, 6) is 0. The summed E-state index contributed by atoms with van der Waals surface area (Å²) in [6.07, 6.45) is 1.66. The summed E-state index contributed by atoms with van der Waals surface area (Å²) in [6, 6.07) is 25.8. The van der Waals surface area contributed by atoms with E-state index in [1.165, 1.54) is 5.56 Å². The molecule has 1 heterocycles. The monoisotopic (exact) mass is 360 g/mol. The molecule has 0 bridgehead atoms. The molecule has 3 nitrogen and oxygen atoms in total. The smallest absolute Gasteiger partial charge is 0.150 e. The highest BCUT2D eigenvalue weighted by Gasteiger charge is 2.29. The second-order valence-corrected chi connectivity index (χ2v) is 6.67. The van der Waals surface area contributed by atoms with E-state index in [1.807, 2.05) is 71.7 Å². The maximum Gasteiger partial charge on any atom is 0.150 e. The summed E-state index contributed by atoms with van der Waals surface area (Å²) < 4.78 is 0. The highest BCUT2D eigenvalue weighted by atomic mass is 35.5. The van der Waals surface area contributed by atoms with E-state index in [4.69, 9.17) is 16.7 Å². The van der Waals surface area contributed by atoms with Crippen LogP contribution >= 0.6 is 11.6 Å². The first-order valence-corrected chi connectivity index (χ1v) is 8.85. The highest BCUT2D eigenvalue weighted by molar-refractivity contribution is 6.30. The van der Waals surface area contributed by atoms with Crippen molar-refractivity contribution in [2.45, 2.75) is 12.5 Å². The molecule has 128 valence electrons. The average Bonchev–Trinajstić information content (AvgIpc) is 3.15. The van der Waals surface area contributed by atoms with Crippen molar-refractivity contribution in [2.75, 3.05) is 5.01 Å². The van der Waals surface area contributed by atoms with Gasteiger partial charge in [-0.1, -0.05) is 54.1 Å². The van der Waals surface area contributed by atoms with Gasteiger partial charge in [-0.3, -0.25) is 9.80 Å². The molecule has 0 radical (unpaired) electrons. The maximum absolute atomic E-state index is 10.9. The van der Waals surface area contributed by atoms with Crippen LogP contribution in [0.2, 0.25) is 5.02 Å². The third-order valence-electron chi connectivity index (χ3n) is 4.57. The van der Waals surface area contributed by atoms with Crippen molar-refractivity contribution in [1.82, 2.24) is 0 Å². The lowest BCUT2D eigenvalue weighted by molar-refractivity contribution is 0.112. The first-order valence-electron chi connectivity index (χ1n) is 8.47. The number of hydrazone groups is 1. The second kappa shape index (κ2) is 7.14. The van der Waals surface area contributed by atoms with Gasteiger partial charge in [-0.15, -0.1) is 0 Å². The lowest BCUT2D eigenvalue weighted by Crippen LogP contribution is -2.18.